The Bertz CT molecular complexity index is 523. The van der Waals surface area contributed by atoms with E-state index >= 15 is 0 Å². The van der Waals surface area contributed by atoms with E-state index in [0.717, 1.165) is 0 Å². The Morgan fingerprint density at radius 2 is 2.16 bits per heavy atom. The van der Waals surface area contributed by atoms with E-state index in [2.05, 4.69) is 16.2 Å². The number of nitro groups is 1. The maximum absolute atomic E-state index is 11.0. The lowest BCUT2D eigenvalue weighted by molar-refractivity contribution is -0.384. The van der Waals surface area contributed by atoms with E-state index in [-0.39, 0.29) is 27.4 Å². The Labute approximate surface area is 119 Å². The highest BCUT2D eigenvalue weighted by Gasteiger charge is 2.10. The van der Waals surface area contributed by atoms with Crippen LogP contribution in [-0.4, -0.2) is 15.9 Å². The van der Waals surface area contributed by atoms with E-state index < -0.39 is 4.92 Å². The number of hydrazine groups is 1. The van der Waals surface area contributed by atoms with Gasteiger partial charge in [0.15, 0.2) is 5.11 Å². The van der Waals surface area contributed by atoms with E-state index in [1.54, 1.807) is 6.92 Å². The van der Waals surface area contributed by atoms with E-state index in [0.29, 0.717) is 6.42 Å². The lowest BCUT2D eigenvalue weighted by Crippen LogP contribution is -2.43. The van der Waals surface area contributed by atoms with Gasteiger partial charge < -0.3 is 5.32 Å². The zero-order chi connectivity index (χ0) is 14.4. The number of anilines is 1. The van der Waals surface area contributed by atoms with Crippen LogP contribution in [0, 0.1) is 10.1 Å². The van der Waals surface area contributed by atoms with Crippen molar-refractivity contribution in [2.24, 2.45) is 0 Å². The molecule has 9 heteroatoms. The number of halogens is 1. The van der Waals surface area contributed by atoms with Gasteiger partial charge in [0.1, 0.15) is 0 Å². The number of amides is 1. The molecule has 0 aliphatic heterocycles. The predicted molar refractivity (Wildman–Crippen MR) is 75.9 cm³/mol. The fraction of sp³-hybridized carbons (Fsp3) is 0.200. The third-order valence-corrected chi connectivity index (χ3v) is 2.58. The molecule has 102 valence electrons. The Morgan fingerprint density at radius 1 is 1.47 bits per heavy atom. The summed E-state index contributed by atoms with van der Waals surface area (Å²) in [5.41, 5.74) is 4.95. The molecule has 0 spiro atoms. The molecule has 7 nitrogen and oxygen atoms in total. The van der Waals surface area contributed by atoms with Crippen LogP contribution >= 0.6 is 23.8 Å². The summed E-state index contributed by atoms with van der Waals surface area (Å²) in [5.74, 6) is -0.241. The third kappa shape index (κ3) is 4.68. The van der Waals surface area contributed by atoms with Gasteiger partial charge in [-0.2, -0.15) is 0 Å². The van der Waals surface area contributed by atoms with Crippen LogP contribution in [0.1, 0.15) is 13.3 Å². The van der Waals surface area contributed by atoms with Crippen LogP contribution in [0.5, 0.6) is 0 Å². The monoisotopic (exact) mass is 302 g/mol. The Kier molecular flexibility index (Phi) is 5.46. The number of carbonyl (C=O) groups excluding carboxylic acids is 1. The van der Waals surface area contributed by atoms with E-state index in [9.17, 15) is 14.9 Å². The maximum Gasteiger partial charge on any atom is 0.271 e. The van der Waals surface area contributed by atoms with Crippen LogP contribution in [0.4, 0.5) is 11.4 Å². The highest BCUT2D eigenvalue weighted by atomic mass is 35.5. The van der Waals surface area contributed by atoms with Crippen molar-refractivity contribution in [1.82, 2.24) is 10.9 Å². The molecular weight excluding hydrogens is 292 g/mol. The van der Waals surface area contributed by atoms with Gasteiger partial charge in [0.05, 0.1) is 15.6 Å². The lowest BCUT2D eigenvalue weighted by atomic mass is 10.3. The van der Waals surface area contributed by atoms with Gasteiger partial charge in [-0.25, -0.2) is 0 Å². The molecule has 3 N–H and O–H groups in total. The number of nitro benzene ring substituents is 1. The first kappa shape index (κ1) is 15.1. The van der Waals surface area contributed by atoms with Crippen molar-refractivity contribution in [3.63, 3.8) is 0 Å². The van der Waals surface area contributed by atoms with Crippen molar-refractivity contribution in [2.75, 3.05) is 5.32 Å². The van der Waals surface area contributed by atoms with Crippen LogP contribution < -0.4 is 16.2 Å². The number of benzene rings is 1. The van der Waals surface area contributed by atoms with Crippen molar-refractivity contribution >= 4 is 46.2 Å². The average molecular weight is 303 g/mol. The van der Waals surface area contributed by atoms with E-state index in [4.69, 9.17) is 23.8 Å². The largest absolute Gasteiger partial charge is 0.330 e. The highest BCUT2D eigenvalue weighted by Crippen LogP contribution is 2.26. The molecule has 0 aromatic heterocycles. The van der Waals surface area contributed by atoms with E-state index in [1.807, 2.05) is 0 Å². The molecule has 19 heavy (non-hydrogen) atoms. The highest BCUT2D eigenvalue weighted by molar-refractivity contribution is 7.80. The fourth-order valence-corrected chi connectivity index (χ4v) is 1.42. The van der Waals surface area contributed by atoms with Gasteiger partial charge in [0.25, 0.3) is 5.69 Å². The molecule has 0 heterocycles. The summed E-state index contributed by atoms with van der Waals surface area (Å²) in [6.07, 6.45) is 0.299. The van der Waals surface area contributed by atoms with Gasteiger partial charge in [-0.15, -0.1) is 0 Å². The summed E-state index contributed by atoms with van der Waals surface area (Å²) in [5, 5.41) is 13.6. The first-order chi connectivity index (χ1) is 8.93. The van der Waals surface area contributed by atoms with Gasteiger partial charge in [-0.1, -0.05) is 18.5 Å². The van der Waals surface area contributed by atoms with Crippen molar-refractivity contribution in [3.05, 3.63) is 33.3 Å². The van der Waals surface area contributed by atoms with Crippen molar-refractivity contribution in [1.29, 1.82) is 0 Å². The SMILES string of the molecule is CCC(=O)NNC(=S)Nc1cc([N+](=O)[O-])ccc1Cl. The zero-order valence-electron chi connectivity index (χ0n) is 9.90. The number of non-ortho nitro benzene ring substituents is 1. The standard InChI is InChI=1S/C10H11ClN4O3S/c1-2-9(16)13-14-10(19)12-8-5-6(15(17)18)3-4-7(8)11/h3-5H,2H2,1H3,(H,13,16)(H2,12,14,19). The van der Waals surface area contributed by atoms with Crippen molar-refractivity contribution in [3.8, 4) is 0 Å². The fourth-order valence-electron chi connectivity index (χ4n) is 1.09. The van der Waals surface area contributed by atoms with Gasteiger partial charge >= 0.3 is 0 Å². The Morgan fingerprint density at radius 3 is 2.74 bits per heavy atom. The van der Waals surface area contributed by atoms with Crippen LogP contribution in [0.3, 0.4) is 0 Å². The minimum absolute atomic E-state index is 0.0733. The lowest BCUT2D eigenvalue weighted by Gasteiger charge is -2.11. The van der Waals surface area contributed by atoms with Crippen LogP contribution in [0.2, 0.25) is 5.02 Å². The molecule has 1 aromatic carbocycles. The van der Waals surface area contributed by atoms with Crippen LogP contribution in [0.15, 0.2) is 18.2 Å². The number of nitrogens with zero attached hydrogens (tertiary/aromatic N) is 1. The minimum Gasteiger partial charge on any atom is -0.330 e. The predicted octanol–water partition coefficient (Wildman–Crippen LogP) is 1.98. The van der Waals surface area contributed by atoms with Crippen LogP contribution in [0.25, 0.3) is 0 Å². The summed E-state index contributed by atoms with van der Waals surface area (Å²) in [7, 11) is 0. The summed E-state index contributed by atoms with van der Waals surface area (Å²) in [6, 6.07) is 3.91. The molecule has 0 atom stereocenters. The number of hydrogen-bond acceptors (Lipinski definition) is 4. The summed E-state index contributed by atoms with van der Waals surface area (Å²) in [4.78, 5) is 21.1. The summed E-state index contributed by atoms with van der Waals surface area (Å²) >= 11 is 10.8. The molecule has 0 radical (unpaired) electrons. The maximum atomic E-state index is 11.0. The quantitative estimate of drug-likeness (QED) is 0.449. The molecule has 0 aliphatic rings. The van der Waals surface area contributed by atoms with Gasteiger partial charge in [-0.05, 0) is 18.3 Å². The zero-order valence-corrected chi connectivity index (χ0v) is 11.5. The molecule has 1 amide bonds. The molecule has 1 rings (SSSR count). The number of thiocarbonyl (C=S) groups is 1. The molecular formula is C10H11ClN4O3S. The van der Waals surface area contributed by atoms with Gasteiger partial charge in [0.2, 0.25) is 5.91 Å². The summed E-state index contributed by atoms with van der Waals surface area (Å²) < 4.78 is 0. The average Bonchev–Trinajstić information content (AvgIpc) is 2.38. The molecule has 1 aromatic rings. The number of hydrogen-bond donors (Lipinski definition) is 3. The molecule has 0 saturated heterocycles. The van der Waals surface area contributed by atoms with Crippen LogP contribution in [-0.2, 0) is 4.79 Å². The molecule has 0 fully saturated rings. The number of rotatable bonds is 3. The summed E-state index contributed by atoms with van der Waals surface area (Å²) in [6.45, 7) is 1.69. The molecule has 0 saturated carbocycles. The van der Waals surface area contributed by atoms with Gasteiger partial charge in [0, 0.05) is 18.6 Å². The number of nitrogens with one attached hydrogen (secondary N) is 3. The normalized spacial score (nSPS) is 9.58. The Hall–Kier alpha value is -1.93. The smallest absolute Gasteiger partial charge is 0.271 e. The van der Waals surface area contributed by atoms with E-state index in [1.165, 1.54) is 18.2 Å². The Balaban J connectivity index is 2.70. The van der Waals surface area contributed by atoms with Gasteiger partial charge in [-0.3, -0.25) is 25.8 Å². The second kappa shape index (κ2) is 6.86. The second-order valence-corrected chi connectivity index (χ2v) is 4.22. The number of carbonyl (C=O) groups is 1. The second-order valence-electron chi connectivity index (χ2n) is 3.40. The molecule has 0 aliphatic carbocycles. The topological polar surface area (TPSA) is 96.3 Å². The van der Waals surface area contributed by atoms with Crippen molar-refractivity contribution in [2.45, 2.75) is 13.3 Å². The third-order valence-electron chi connectivity index (χ3n) is 2.05. The first-order valence-corrected chi connectivity index (χ1v) is 6.02. The minimum atomic E-state index is -0.545. The van der Waals surface area contributed by atoms with Crippen molar-refractivity contribution < 1.29 is 9.72 Å². The molecule has 0 bridgehead atoms. The molecule has 0 unspecified atom stereocenters. The first-order valence-electron chi connectivity index (χ1n) is 5.23.